The maximum Gasteiger partial charge on any atom is 0.283 e. The Hall–Kier alpha value is -6.14. The smallest absolute Gasteiger partial charge is 0.283 e. The minimum Gasteiger partial charge on any atom is -0.425 e. The molecule has 1 aliphatic rings. The second kappa shape index (κ2) is 18.0. The molecule has 1 unspecified atom stereocenters. The average Bonchev–Trinajstić information content (AvgIpc) is 3.17. The molecule has 0 amide bonds. The molecule has 17 heteroatoms. The summed E-state index contributed by atoms with van der Waals surface area (Å²) < 4.78 is 2.52. The summed E-state index contributed by atoms with van der Waals surface area (Å²) in [6.45, 7) is 3.73. The van der Waals surface area contributed by atoms with Gasteiger partial charge in [0.15, 0.2) is 0 Å². The van der Waals surface area contributed by atoms with Gasteiger partial charge in [0.05, 0.1) is 22.8 Å². The first-order valence-electron chi connectivity index (χ1n) is 18.3. The average molecular weight is 770 g/mol. The van der Waals surface area contributed by atoms with Crippen LogP contribution in [-0.2, 0) is 32.6 Å². The van der Waals surface area contributed by atoms with Gasteiger partial charge in [-0.1, -0.05) is 36.4 Å². The van der Waals surface area contributed by atoms with E-state index in [0.29, 0.717) is 99.6 Å². The van der Waals surface area contributed by atoms with Crippen molar-refractivity contribution in [2.24, 2.45) is 0 Å². The summed E-state index contributed by atoms with van der Waals surface area (Å²) in [6.07, 6.45) is 0.513. The summed E-state index contributed by atoms with van der Waals surface area (Å²) in [5.74, 6) is 0. The number of hydrogen-bond donors (Lipinski definition) is 5. The molecule has 5 heterocycles. The Bertz CT molecular complexity index is 2340. The fourth-order valence-electron chi connectivity index (χ4n) is 7.01. The van der Waals surface area contributed by atoms with Gasteiger partial charge in [-0.05, 0) is 48.4 Å². The van der Waals surface area contributed by atoms with Gasteiger partial charge in [0.2, 0.25) is 0 Å². The molecule has 56 heavy (non-hydrogen) atoms. The topological polar surface area (TPSA) is 208 Å². The Balaban J connectivity index is 1.42. The highest BCUT2D eigenvalue weighted by Gasteiger charge is 2.27. The van der Waals surface area contributed by atoms with Gasteiger partial charge in [0.1, 0.15) is 0 Å². The van der Waals surface area contributed by atoms with Crippen molar-refractivity contribution in [3.05, 3.63) is 167 Å². The van der Waals surface area contributed by atoms with Crippen LogP contribution in [0.3, 0.4) is 0 Å². The first-order valence-corrected chi connectivity index (χ1v) is 18.3. The van der Waals surface area contributed by atoms with Gasteiger partial charge >= 0.3 is 0 Å². The monoisotopic (exact) mass is 769 g/mol. The lowest BCUT2D eigenvalue weighted by molar-refractivity contribution is 0.0674. The normalized spacial score (nSPS) is 17.0. The molecule has 0 radical (unpaired) electrons. The van der Waals surface area contributed by atoms with Crippen LogP contribution in [0.5, 0.6) is 0 Å². The van der Waals surface area contributed by atoms with E-state index in [1.165, 1.54) is 24.3 Å². The SMILES string of the molecule is Nc1ccc(CC2CN(Cc3cccc(=O)n3O)CCN(Cc3cccc(=O)n3O)CCN(Cc3cccc(=O)n3O)CCN2Cc2cccc(=O)n2O)cc1. The number of pyridine rings is 4. The van der Waals surface area contributed by atoms with Crippen LogP contribution >= 0.6 is 0 Å². The lowest BCUT2D eigenvalue weighted by Crippen LogP contribution is -2.51. The number of nitrogens with two attached hydrogens (primary N) is 1. The van der Waals surface area contributed by atoms with E-state index in [1.807, 2.05) is 24.3 Å². The first-order chi connectivity index (χ1) is 26.9. The fourth-order valence-corrected chi connectivity index (χ4v) is 7.01. The largest absolute Gasteiger partial charge is 0.425 e. The van der Waals surface area contributed by atoms with Crippen LogP contribution in [0.25, 0.3) is 0 Å². The van der Waals surface area contributed by atoms with E-state index in [2.05, 4.69) is 19.6 Å². The molecule has 0 saturated carbocycles. The molecule has 1 fully saturated rings. The van der Waals surface area contributed by atoms with E-state index in [9.17, 15) is 40.0 Å². The van der Waals surface area contributed by atoms with Gasteiger partial charge in [-0.3, -0.25) is 38.8 Å². The van der Waals surface area contributed by atoms with Crippen molar-refractivity contribution in [1.82, 2.24) is 38.5 Å². The number of benzene rings is 1. The summed E-state index contributed by atoms with van der Waals surface area (Å²) in [6, 6.07) is 25.4. The summed E-state index contributed by atoms with van der Waals surface area (Å²) >= 11 is 0. The van der Waals surface area contributed by atoms with E-state index in [-0.39, 0.29) is 32.2 Å². The molecule has 5 aromatic rings. The van der Waals surface area contributed by atoms with Crippen LogP contribution < -0.4 is 28.0 Å². The predicted octanol–water partition coefficient (Wildman–Crippen LogP) is 0.798. The first kappa shape index (κ1) is 39.6. The van der Waals surface area contributed by atoms with Crippen molar-refractivity contribution in [3.8, 4) is 0 Å². The summed E-state index contributed by atoms with van der Waals surface area (Å²) in [5, 5.41) is 42.8. The van der Waals surface area contributed by atoms with Gasteiger partial charge < -0.3 is 26.6 Å². The molecule has 0 spiro atoms. The Morgan fingerprint density at radius 1 is 0.464 bits per heavy atom. The van der Waals surface area contributed by atoms with E-state index in [1.54, 1.807) is 48.5 Å². The zero-order valence-electron chi connectivity index (χ0n) is 30.9. The molecule has 0 aliphatic carbocycles. The fraction of sp³-hybridized carbons (Fsp3) is 0.333. The second-order valence-electron chi connectivity index (χ2n) is 14.0. The van der Waals surface area contributed by atoms with Crippen molar-refractivity contribution in [3.63, 3.8) is 0 Å². The van der Waals surface area contributed by atoms with Crippen LogP contribution in [0.1, 0.15) is 28.3 Å². The van der Waals surface area contributed by atoms with Gasteiger partial charge in [-0.25, -0.2) is 0 Å². The van der Waals surface area contributed by atoms with Crippen LogP contribution in [0.4, 0.5) is 5.69 Å². The van der Waals surface area contributed by atoms with Crippen LogP contribution in [0.2, 0.25) is 0 Å². The van der Waals surface area contributed by atoms with Crippen LogP contribution in [-0.4, -0.2) is 111 Å². The lowest BCUT2D eigenvalue weighted by atomic mass is 10.0. The van der Waals surface area contributed by atoms with E-state index >= 15 is 0 Å². The van der Waals surface area contributed by atoms with Gasteiger partial charge in [0, 0.05) is 108 Å². The molecular formula is C39H47N9O8. The van der Waals surface area contributed by atoms with Crippen LogP contribution in [0, 0.1) is 0 Å². The zero-order chi connectivity index (χ0) is 39.8. The van der Waals surface area contributed by atoms with Crippen molar-refractivity contribution in [2.75, 3.05) is 51.5 Å². The molecule has 17 nitrogen and oxygen atoms in total. The van der Waals surface area contributed by atoms with Crippen molar-refractivity contribution < 1.29 is 20.8 Å². The number of nitrogen functional groups attached to an aromatic ring is 1. The molecule has 1 aromatic carbocycles. The lowest BCUT2D eigenvalue weighted by Gasteiger charge is -2.39. The third-order valence-electron chi connectivity index (χ3n) is 10.2. The van der Waals surface area contributed by atoms with Gasteiger partial charge in [-0.2, -0.15) is 18.9 Å². The molecule has 6 rings (SSSR count). The Morgan fingerprint density at radius 2 is 0.821 bits per heavy atom. The quantitative estimate of drug-likeness (QED) is 0.0986. The number of hydrogen-bond acceptors (Lipinski definition) is 13. The highest BCUT2D eigenvalue weighted by molar-refractivity contribution is 5.39. The van der Waals surface area contributed by atoms with E-state index in [0.717, 1.165) is 5.56 Å². The molecule has 1 atom stereocenters. The number of rotatable bonds is 10. The molecule has 6 N–H and O–H groups in total. The third-order valence-corrected chi connectivity index (χ3v) is 10.2. The highest BCUT2D eigenvalue weighted by atomic mass is 16.5. The number of nitrogens with zero attached hydrogens (tertiary/aromatic N) is 8. The number of aromatic nitrogens is 4. The maximum absolute atomic E-state index is 12.5. The Morgan fingerprint density at radius 3 is 1.25 bits per heavy atom. The van der Waals surface area contributed by atoms with Gasteiger partial charge in [-0.15, -0.1) is 0 Å². The zero-order valence-corrected chi connectivity index (χ0v) is 30.9. The minimum atomic E-state index is -0.572. The minimum absolute atomic E-state index is 0.175. The molecule has 1 aliphatic heterocycles. The number of anilines is 1. The summed E-state index contributed by atoms with van der Waals surface area (Å²) in [7, 11) is 0. The Kier molecular flexibility index (Phi) is 12.7. The molecule has 1 saturated heterocycles. The van der Waals surface area contributed by atoms with E-state index < -0.39 is 22.2 Å². The molecule has 0 bridgehead atoms. The second-order valence-corrected chi connectivity index (χ2v) is 14.0. The summed E-state index contributed by atoms with van der Waals surface area (Å²) in [5.41, 5.74) is 6.86. The van der Waals surface area contributed by atoms with Gasteiger partial charge in [0.25, 0.3) is 22.2 Å². The molecule has 296 valence electrons. The van der Waals surface area contributed by atoms with Crippen molar-refractivity contribution in [2.45, 2.75) is 38.6 Å². The predicted molar refractivity (Wildman–Crippen MR) is 206 cm³/mol. The standard InChI is InChI=1S/C39H47N9O8/c40-30-15-13-29(14-16-30)23-35-27-43(26-33-7-3-11-38(51)47(33)55)20-19-41(24-31-5-1-9-36(49)45(31)53)17-18-42(25-32-6-2-10-37(50)46(32)54)21-22-44(35)28-34-8-4-12-39(52)48(34)56/h1-16,35,53-56H,17-28,40H2. The molecular weight excluding hydrogens is 722 g/mol. The third kappa shape index (κ3) is 9.93. The maximum atomic E-state index is 12.5. The summed E-state index contributed by atoms with van der Waals surface area (Å²) in [4.78, 5) is 58.2. The Labute approximate surface area is 321 Å². The highest BCUT2D eigenvalue weighted by Crippen LogP contribution is 2.19. The van der Waals surface area contributed by atoms with Crippen molar-refractivity contribution >= 4 is 5.69 Å². The van der Waals surface area contributed by atoms with Crippen LogP contribution in [0.15, 0.2) is 116 Å². The van der Waals surface area contributed by atoms with E-state index in [4.69, 9.17) is 5.73 Å². The van der Waals surface area contributed by atoms with Crippen molar-refractivity contribution in [1.29, 1.82) is 0 Å². The molecule has 4 aromatic heterocycles.